The normalized spacial score (nSPS) is 21.2. The number of nitriles is 1. The van der Waals surface area contributed by atoms with Crippen molar-refractivity contribution in [1.29, 1.82) is 5.26 Å². The highest BCUT2D eigenvalue weighted by molar-refractivity contribution is 5.47. The number of nitrogens with zero attached hydrogens (tertiary/aromatic N) is 1. The van der Waals surface area contributed by atoms with Crippen LogP contribution in [0.5, 0.6) is 0 Å². The van der Waals surface area contributed by atoms with Crippen LogP contribution < -0.4 is 0 Å². The van der Waals surface area contributed by atoms with E-state index in [1.807, 2.05) is 6.07 Å². The van der Waals surface area contributed by atoms with Gasteiger partial charge in [0.1, 0.15) is 5.82 Å². The van der Waals surface area contributed by atoms with Crippen LogP contribution in [0.4, 0.5) is 4.39 Å². The summed E-state index contributed by atoms with van der Waals surface area (Å²) in [7, 11) is 0. The van der Waals surface area contributed by atoms with Crippen LogP contribution in [0.15, 0.2) is 12.1 Å². The van der Waals surface area contributed by atoms with Crippen molar-refractivity contribution in [2.75, 3.05) is 13.2 Å². The molecule has 2 aliphatic rings. The third-order valence-corrected chi connectivity index (χ3v) is 3.39. The second-order valence-electron chi connectivity index (χ2n) is 4.40. The molecule has 1 spiro atoms. The lowest BCUT2D eigenvalue weighted by Crippen LogP contribution is -2.33. The molecule has 0 radical (unpaired) electrons. The molecule has 3 nitrogen and oxygen atoms in total. The predicted molar refractivity (Wildman–Crippen MR) is 57.6 cm³/mol. The van der Waals surface area contributed by atoms with Crippen molar-refractivity contribution in [3.05, 3.63) is 34.6 Å². The zero-order valence-corrected chi connectivity index (χ0v) is 9.33. The molecule has 1 aromatic rings. The number of halogens is 1. The molecule has 0 atom stereocenters. The van der Waals surface area contributed by atoms with Gasteiger partial charge in [0.15, 0.2) is 5.79 Å². The van der Waals surface area contributed by atoms with Gasteiger partial charge in [0.05, 0.1) is 24.8 Å². The van der Waals surface area contributed by atoms with Gasteiger partial charge in [-0.2, -0.15) is 5.26 Å². The molecule has 1 aliphatic heterocycles. The number of ether oxygens (including phenoxy) is 2. The van der Waals surface area contributed by atoms with Crippen molar-refractivity contribution < 1.29 is 13.9 Å². The van der Waals surface area contributed by atoms with Gasteiger partial charge >= 0.3 is 0 Å². The Kier molecular flexibility index (Phi) is 2.39. The minimum absolute atomic E-state index is 0.335. The van der Waals surface area contributed by atoms with E-state index in [0.717, 1.165) is 30.4 Å². The minimum atomic E-state index is -0.799. The zero-order valence-electron chi connectivity index (χ0n) is 9.33. The molecule has 1 aliphatic carbocycles. The molecule has 1 fully saturated rings. The lowest BCUT2D eigenvalue weighted by molar-refractivity contribution is -0.175. The third-order valence-electron chi connectivity index (χ3n) is 3.39. The van der Waals surface area contributed by atoms with Gasteiger partial charge in [0, 0.05) is 12.0 Å². The summed E-state index contributed by atoms with van der Waals surface area (Å²) in [5.41, 5.74) is 1.92. The second kappa shape index (κ2) is 3.80. The minimum Gasteiger partial charge on any atom is -0.343 e. The molecule has 3 rings (SSSR count). The fourth-order valence-corrected chi connectivity index (χ4v) is 2.78. The third kappa shape index (κ3) is 1.54. The smallest absolute Gasteiger partial charge is 0.196 e. The fourth-order valence-electron chi connectivity index (χ4n) is 2.78. The summed E-state index contributed by atoms with van der Waals surface area (Å²) in [6.45, 7) is 1.06. The lowest BCUT2D eigenvalue weighted by Gasteiger charge is -2.34. The highest BCUT2D eigenvalue weighted by atomic mass is 19.1. The molecule has 0 N–H and O–H groups in total. The van der Waals surface area contributed by atoms with Crippen LogP contribution >= 0.6 is 0 Å². The van der Waals surface area contributed by atoms with Crippen LogP contribution in [0.3, 0.4) is 0 Å². The molecule has 0 saturated carbocycles. The summed E-state index contributed by atoms with van der Waals surface area (Å²) in [5.74, 6) is -1.16. The first kappa shape index (κ1) is 10.7. The molecule has 1 heterocycles. The van der Waals surface area contributed by atoms with E-state index in [0.29, 0.717) is 18.8 Å². The van der Waals surface area contributed by atoms with Gasteiger partial charge in [-0.25, -0.2) is 4.39 Å². The highest BCUT2D eigenvalue weighted by Crippen LogP contribution is 2.43. The molecule has 0 aromatic heterocycles. The van der Waals surface area contributed by atoms with Crippen LogP contribution in [-0.2, 0) is 21.7 Å². The summed E-state index contributed by atoms with van der Waals surface area (Å²) in [6, 6.07) is 4.80. The summed E-state index contributed by atoms with van der Waals surface area (Å²) in [4.78, 5) is 0. The zero-order chi connectivity index (χ0) is 11.9. The summed E-state index contributed by atoms with van der Waals surface area (Å²) >= 11 is 0. The Morgan fingerprint density at radius 1 is 1.29 bits per heavy atom. The average Bonchev–Trinajstić information content (AvgIpc) is 2.77. The largest absolute Gasteiger partial charge is 0.343 e. The van der Waals surface area contributed by atoms with Crippen LogP contribution in [0.1, 0.15) is 29.5 Å². The first-order valence-electron chi connectivity index (χ1n) is 5.76. The number of benzene rings is 1. The highest BCUT2D eigenvalue weighted by Gasteiger charge is 2.44. The molecule has 1 saturated heterocycles. The standard InChI is InChI=1S/C13H12FNO2/c14-11-6-9-2-1-3-13(16-4-5-17-13)12(9)10(7-11)8-15/h6-7H,1-5H2. The first-order valence-corrected chi connectivity index (χ1v) is 5.76. The molecule has 1 aromatic carbocycles. The van der Waals surface area contributed by atoms with Crippen LogP contribution in [0.25, 0.3) is 0 Å². The predicted octanol–water partition coefficient (Wildman–Crippen LogP) is 2.23. The van der Waals surface area contributed by atoms with Gasteiger partial charge in [-0.05, 0) is 30.5 Å². The van der Waals surface area contributed by atoms with Crippen molar-refractivity contribution in [3.63, 3.8) is 0 Å². The summed E-state index contributed by atoms with van der Waals surface area (Å²) in [5, 5.41) is 9.13. The topological polar surface area (TPSA) is 42.2 Å². The van der Waals surface area contributed by atoms with E-state index < -0.39 is 5.79 Å². The molecule has 17 heavy (non-hydrogen) atoms. The Labute approximate surface area is 98.8 Å². The molecule has 0 amide bonds. The van der Waals surface area contributed by atoms with Crippen molar-refractivity contribution in [3.8, 4) is 6.07 Å². The van der Waals surface area contributed by atoms with E-state index in [-0.39, 0.29) is 5.82 Å². The Bertz CT molecular complexity index is 501. The fraction of sp³-hybridized carbons (Fsp3) is 0.462. The van der Waals surface area contributed by atoms with E-state index >= 15 is 0 Å². The van der Waals surface area contributed by atoms with E-state index in [1.54, 1.807) is 0 Å². The maximum Gasteiger partial charge on any atom is 0.196 e. The molecule has 0 bridgehead atoms. The van der Waals surface area contributed by atoms with Crippen LogP contribution in [0.2, 0.25) is 0 Å². The monoisotopic (exact) mass is 233 g/mol. The maximum absolute atomic E-state index is 13.4. The number of fused-ring (bicyclic) bond motifs is 2. The van der Waals surface area contributed by atoms with Crippen LogP contribution in [-0.4, -0.2) is 13.2 Å². The molecule has 4 heteroatoms. The van der Waals surface area contributed by atoms with Crippen molar-refractivity contribution >= 4 is 0 Å². The van der Waals surface area contributed by atoms with Crippen LogP contribution in [0, 0.1) is 17.1 Å². The Morgan fingerprint density at radius 2 is 2.06 bits per heavy atom. The molecule has 88 valence electrons. The summed E-state index contributed by atoms with van der Waals surface area (Å²) < 4.78 is 24.8. The van der Waals surface area contributed by atoms with E-state index in [1.165, 1.54) is 12.1 Å². The van der Waals surface area contributed by atoms with Crippen molar-refractivity contribution in [1.82, 2.24) is 0 Å². The van der Waals surface area contributed by atoms with Gasteiger partial charge in [-0.1, -0.05) is 0 Å². The lowest BCUT2D eigenvalue weighted by atomic mass is 9.83. The van der Waals surface area contributed by atoms with E-state index in [2.05, 4.69) is 0 Å². The summed E-state index contributed by atoms with van der Waals surface area (Å²) in [6.07, 6.45) is 2.40. The number of rotatable bonds is 0. The van der Waals surface area contributed by atoms with E-state index in [9.17, 15) is 4.39 Å². The molecule has 0 unspecified atom stereocenters. The Hall–Kier alpha value is -1.44. The SMILES string of the molecule is N#Cc1cc(F)cc2c1C1(CCC2)OCCO1. The number of hydrogen-bond acceptors (Lipinski definition) is 3. The first-order chi connectivity index (χ1) is 8.25. The van der Waals surface area contributed by atoms with E-state index in [4.69, 9.17) is 14.7 Å². The second-order valence-corrected chi connectivity index (χ2v) is 4.40. The van der Waals surface area contributed by atoms with Gasteiger partial charge in [0.25, 0.3) is 0 Å². The van der Waals surface area contributed by atoms with Gasteiger partial charge in [-0.3, -0.25) is 0 Å². The van der Waals surface area contributed by atoms with Crippen molar-refractivity contribution in [2.24, 2.45) is 0 Å². The average molecular weight is 233 g/mol. The number of hydrogen-bond donors (Lipinski definition) is 0. The van der Waals surface area contributed by atoms with Gasteiger partial charge < -0.3 is 9.47 Å². The maximum atomic E-state index is 13.4. The number of aryl methyl sites for hydroxylation is 1. The van der Waals surface area contributed by atoms with Gasteiger partial charge in [0.2, 0.25) is 0 Å². The molecular formula is C13H12FNO2. The Morgan fingerprint density at radius 3 is 2.76 bits per heavy atom. The van der Waals surface area contributed by atoms with Crippen molar-refractivity contribution in [2.45, 2.75) is 25.0 Å². The molecular weight excluding hydrogens is 221 g/mol. The quantitative estimate of drug-likeness (QED) is 0.690. The Balaban J connectivity index is 2.22. The van der Waals surface area contributed by atoms with Gasteiger partial charge in [-0.15, -0.1) is 0 Å².